The fourth-order valence-corrected chi connectivity index (χ4v) is 10.4. The predicted octanol–water partition coefficient (Wildman–Crippen LogP) is 4.44. The highest BCUT2D eigenvalue weighted by Crippen LogP contribution is 2.74. The summed E-state index contributed by atoms with van der Waals surface area (Å²) in [5, 5.41) is 0. The third-order valence-corrected chi connectivity index (χ3v) is 11.3. The summed E-state index contributed by atoms with van der Waals surface area (Å²) in [6.07, 6.45) is 10.2. The van der Waals surface area contributed by atoms with Crippen LogP contribution in [0.4, 0.5) is 0 Å². The van der Waals surface area contributed by atoms with Crippen LogP contribution in [0.1, 0.15) is 65.2 Å². The molecule has 0 heterocycles. The van der Waals surface area contributed by atoms with Crippen molar-refractivity contribution < 1.29 is 23.8 Å². The van der Waals surface area contributed by atoms with E-state index in [2.05, 4.69) is 0 Å². The van der Waals surface area contributed by atoms with Crippen LogP contribution in [-0.2, 0) is 23.8 Å². The van der Waals surface area contributed by atoms with Gasteiger partial charge in [-0.2, -0.15) is 0 Å². The molecule has 10 atom stereocenters. The predicted molar refractivity (Wildman–Crippen MR) is 116 cm³/mol. The fourth-order valence-electron chi connectivity index (χ4n) is 10.4. The largest absolute Gasteiger partial charge is 0.462 e. The highest BCUT2D eigenvalue weighted by molar-refractivity contribution is 5.74. The maximum atomic E-state index is 12.9. The molecule has 0 amide bonds. The van der Waals surface area contributed by atoms with E-state index in [1.807, 2.05) is 13.8 Å². The van der Waals surface area contributed by atoms with Crippen molar-refractivity contribution in [3.05, 3.63) is 0 Å². The van der Waals surface area contributed by atoms with Gasteiger partial charge in [-0.15, -0.1) is 0 Å². The molecule has 8 aliphatic rings. The number of hydrogen-bond donors (Lipinski definition) is 0. The molecule has 0 aromatic carbocycles. The fraction of sp³-hybridized carbons (Fsp3) is 0.926. The SMILES string of the molecule is CC(C)C(=O)OC1CC2C3C4CC(C(=O)OCOCC56CC7CC(C5)C(C7)C6)C(C4)C3C12. The van der Waals surface area contributed by atoms with Gasteiger partial charge in [-0.3, -0.25) is 9.59 Å². The van der Waals surface area contributed by atoms with E-state index in [0.717, 1.165) is 49.0 Å². The number of esters is 2. The zero-order chi connectivity index (χ0) is 21.8. The number of carbonyl (C=O) groups excluding carboxylic acids is 2. The summed E-state index contributed by atoms with van der Waals surface area (Å²) in [4.78, 5) is 25.0. The van der Waals surface area contributed by atoms with Crippen molar-refractivity contribution in [2.45, 2.75) is 71.3 Å². The molecular weight excluding hydrogens is 404 g/mol. The van der Waals surface area contributed by atoms with Gasteiger partial charge >= 0.3 is 11.9 Å². The van der Waals surface area contributed by atoms with E-state index >= 15 is 0 Å². The minimum Gasteiger partial charge on any atom is -0.462 e. The Hall–Kier alpha value is -1.10. The highest BCUT2D eigenvalue weighted by atomic mass is 16.7. The Morgan fingerprint density at radius 3 is 2.38 bits per heavy atom. The lowest BCUT2D eigenvalue weighted by Crippen LogP contribution is -2.65. The van der Waals surface area contributed by atoms with Gasteiger partial charge in [-0.1, -0.05) is 13.8 Å². The van der Waals surface area contributed by atoms with Crippen molar-refractivity contribution in [2.75, 3.05) is 13.4 Å². The molecule has 0 spiro atoms. The molecule has 6 bridgehead atoms. The Balaban J connectivity index is 0.909. The Bertz CT molecular complexity index is 801. The Kier molecular flexibility index (Phi) is 4.41. The molecule has 0 aromatic rings. The highest BCUT2D eigenvalue weighted by Gasteiger charge is 2.72. The zero-order valence-corrected chi connectivity index (χ0v) is 19.5. The Morgan fingerprint density at radius 2 is 1.66 bits per heavy atom. The van der Waals surface area contributed by atoms with Crippen molar-refractivity contribution >= 4 is 11.9 Å². The molecule has 176 valence electrons. The summed E-state index contributed by atoms with van der Waals surface area (Å²) >= 11 is 0. The second-order valence-electron chi connectivity index (χ2n) is 13.2. The van der Waals surface area contributed by atoms with E-state index in [0.29, 0.717) is 29.1 Å². The first-order valence-corrected chi connectivity index (χ1v) is 13.4. The van der Waals surface area contributed by atoms with Crippen LogP contribution in [0.3, 0.4) is 0 Å². The van der Waals surface area contributed by atoms with Crippen molar-refractivity contribution in [1.29, 1.82) is 0 Å². The normalized spacial score (nSPS) is 53.0. The van der Waals surface area contributed by atoms with E-state index < -0.39 is 0 Å². The van der Waals surface area contributed by atoms with E-state index in [9.17, 15) is 9.59 Å². The van der Waals surface area contributed by atoms with Gasteiger partial charge in [0.05, 0.1) is 18.4 Å². The van der Waals surface area contributed by atoms with Crippen LogP contribution in [0.15, 0.2) is 0 Å². The maximum absolute atomic E-state index is 12.9. The quantitative estimate of drug-likeness (QED) is 0.331. The van der Waals surface area contributed by atoms with Gasteiger partial charge in [0.25, 0.3) is 0 Å². The second kappa shape index (κ2) is 6.96. The van der Waals surface area contributed by atoms with Gasteiger partial charge in [0, 0.05) is 5.92 Å². The van der Waals surface area contributed by atoms with E-state index in [-0.39, 0.29) is 36.7 Å². The molecule has 0 N–H and O–H groups in total. The first-order valence-electron chi connectivity index (χ1n) is 13.4. The first-order chi connectivity index (χ1) is 15.4. The van der Waals surface area contributed by atoms with Crippen molar-refractivity contribution in [2.24, 2.45) is 70.5 Å². The molecule has 8 aliphatic carbocycles. The number of rotatable bonds is 7. The Morgan fingerprint density at radius 1 is 0.875 bits per heavy atom. The molecule has 8 rings (SSSR count). The molecule has 8 saturated carbocycles. The maximum Gasteiger partial charge on any atom is 0.311 e. The molecule has 8 fully saturated rings. The topological polar surface area (TPSA) is 61.8 Å². The molecule has 0 radical (unpaired) electrons. The molecule has 0 saturated heterocycles. The van der Waals surface area contributed by atoms with E-state index in [4.69, 9.17) is 14.2 Å². The van der Waals surface area contributed by atoms with Crippen LogP contribution in [0.2, 0.25) is 0 Å². The summed E-state index contributed by atoms with van der Waals surface area (Å²) < 4.78 is 17.4. The van der Waals surface area contributed by atoms with Crippen LogP contribution >= 0.6 is 0 Å². The average Bonchev–Trinajstić information content (AvgIpc) is 3.42. The molecule has 0 aromatic heterocycles. The molecular formula is C27H38O5. The standard InChI is InChI=1S/C27H38O5/c1-13(2)25(28)32-21-7-20-22-15-5-18(24(22)23(20)21)19(6-15)26(29)31-12-30-11-27-8-14-3-16(9-27)17(4-14)10-27/h13-24H,3-12H2,1-2H3. The summed E-state index contributed by atoms with van der Waals surface area (Å²) in [6.45, 7) is 4.70. The third kappa shape index (κ3) is 2.78. The summed E-state index contributed by atoms with van der Waals surface area (Å²) in [5.41, 5.74) is 0.385. The van der Waals surface area contributed by atoms with Crippen molar-refractivity contribution in [3.63, 3.8) is 0 Å². The zero-order valence-electron chi connectivity index (χ0n) is 19.5. The van der Waals surface area contributed by atoms with Crippen molar-refractivity contribution in [3.8, 4) is 0 Å². The minimum atomic E-state index is -0.0727. The van der Waals surface area contributed by atoms with Gasteiger partial charge < -0.3 is 14.2 Å². The second-order valence-corrected chi connectivity index (χ2v) is 13.2. The van der Waals surface area contributed by atoms with Crippen LogP contribution < -0.4 is 0 Å². The summed E-state index contributed by atoms with van der Waals surface area (Å²) in [6, 6.07) is 0. The summed E-state index contributed by atoms with van der Waals surface area (Å²) in [7, 11) is 0. The van der Waals surface area contributed by atoms with Crippen LogP contribution in [0, 0.1) is 70.5 Å². The minimum absolute atomic E-state index is 0.0317. The van der Waals surface area contributed by atoms with Crippen LogP contribution in [0.25, 0.3) is 0 Å². The smallest absolute Gasteiger partial charge is 0.311 e. The van der Waals surface area contributed by atoms with E-state index in [1.54, 1.807) is 0 Å². The van der Waals surface area contributed by atoms with Crippen LogP contribution in [-0.4, -0.2) is 31.4 Å². The van der Waals surface area contributed by atoms with Gasteiger partial charge in [-0.05, 0) is 104 Å². The number of hydrogen-bond acceptors (Lipinski definition) is 5. The third-order valence-electron chi connectivity index (χ3n) is 11.3. The molecule has 10 unspecified atom stereocenters. The summed E-state index contributed by atoms with van der Waals surface area (Å²) in [5.74, 6) is 6.35. The van der Waals surface area contributed by atoms with Gasteiger partial charge in [-0.25, -0.2) is 0 Å². The number of fused-ring (bicyclic) bond motifs is 8. The molecule has 0 aliphatic heterocycles. The average molecular weight is 443 g/mol. The van der Waals surface area contributed by atoms with Gasteiger partial charge in [0.1, 0.15) is 6.10 Å². The lowest BCUT2D eigenvalue weighted by molar-refractivity contribution is -0.232. The number of carbonyl (C=O) groups is 2. The van der Waals surface area contributed by atoms with Crippen LogP contribution in [0.5, 0.6) is 0 Å². The van der Waals surface area contributed by atoms with Gasteiger partial charge in [0.15, 0.2) is 6.79 Å². The lowest BCUT2D eigenvalue weighted by atomic mass is 9.41. The molecule has 32 heavy (non-hydrogen) atoms. The lowest BCUT2D eigenvalue weighted by Gasteiger charge is -2.65. The number of ether oxygens (including phenoxy) is 3. The molecule has 5 nitrogen and oxygen atoms in total. The van der Waals surface area contributed by atoms with E-state index in [1.165, 1.54) is 38.5 Å². The molecule has 5 heteroatoms. The monoisotopic (exact) mass is 442 g/mol. The first kappa shape index (κ1) is 20.3. The van der Waals surface area contributed by atoms with Gasteiger partial charge in [0.2, 0.25) is 0 Å². The Labute approximate surface area is 191 Å². The van der Waals surface area contributed by atoms with Crippen molar-refractivity contribution in [1.82, 2.24) is 0 Å².